The monoisotopic (exact) mass is 294 g/mol. The van der Waals surface area contributed by atoms with Gasteiger partial charge in [0.05, 0.1) is 0 Å². The second-order valence-corrected chi connectivity index (χ2v) is 6.57. The van der Waals surface area contributed by atoms with Gasteiger partial charge in [0.1, 0.15) is 0 Å². The van der Waals surface area contributed by atoms with E-state index in [1.807, 2.05) is 12.2 Å². The predicted octanol–water partition coefficient (Wildman–Crippen LogP) is 6.87. The molecule has 1 rings (SSSR count). The van der Waals surface area contributed by atoms with E-state index in [-0.39, 0.29) is 0 Å². The van der Waals surface area contributed by atoms with Gasteiger partial charge >= 0.3 is 0 Å². The Morgan fingerprint density at radius 2 is 1.73 bits per heavy atom. The van der Waals surface area contributed by atoms with Gasteiger partial charge in [-0.3, -0.25) is 0 Å². The standard InChI is InChI=1S/C22H30/c1-6-7-8-12-19(2)13-11-14-20(3)16-17-21-15-9-10-18-22(21,4)5/h6-8,11-17H,1,9-10,18H2,2-5H3/b8-7+,13-11+,17-16+,19-12+,20-14+. The summed E-state index contributed by atoms with van der Waals surface area (Å²) >= 11 is 0. The van der Waals surface area contributed by atoms with Gasteiger partial charge in [-0.05, 0) is 44.1 Å². The molecule has 0 radical (unpaired) electrons. The lowest BCUT2D eigenvalue weighted by Gasteiger charge is -2.30. The molecule has 0 heteroatoms. The third-order valence-corrected chi connectivity index (χ3v) is 4.00. The fourth-order valence-corrected chi connectivity index (χ4v) is 2.49. The zero-order valence-electron chi connectivity index (χ0n) is 14.6. The Kier molecular flexibility index (Phi) is 7.66. The van der Waals surface area contributed by atoms with Gasteiger partial charge in [-0.25, -0.2) is 0 Å². The van der Waals surface area contributed by atoms with E-state index in [0.717, 1.165) is 0 Å². The Morgan fingerprint density at radius 3 is 2.41 bits per heavy atom. The summed E-state index contributed by atoms with van der Waals surface area (Å²) in [6.45, 7) is 12.6. The van der Waals surface area contributed by atoms with Crippen molar-refractivity contribution in [3.63, 3.8) is 0 Å². The fourth-order valence-electron chi connectivity index (χ4n) is 2.49. The molecule has 1 aliphatic rings. The third kappa shape index (κ3) is 6.76. The Balaban J connectivity index is 2.64. The molecular formula is C22H30. The van der Waals surface area contributed by atoms with Crippen LogP contribution in [0.3, 0.4) is 0 Å². The van der Waals surface area contributed by atoms with Crippen LogP contribution in [0.2, 0.25) is 0 Å². The lowest BCUT2D eigenvalue weighted by molar-refractivity contribution is 0.385. The third-order valence-electron chi connectivity index (χ3n) is 4.00. The molecule has 0 nitrogen and oxygen atoms in total. The summed E-state index contributed by atoms with van der Waals surface area (Å²) in [6, 6.07) is 0. The molecule has 0 aromatic rings. The predicted molar refractivity (Wildman–Crippen MR) is 101 cm³/mol. The number of hydrogen-bond donors (Lipinski definition) is 0. The maximum absolute atomic E-state index is 3.66. The van der Waals surface area contributed by atoms with Crippen LogP contribution < -0.4 is 0 Å². The van der Waals surface area contributed by atoms with E-state index in [1.165, 1.54) is 36.0 Å². The normalized spacial score (nSPS) is 20.1. The van der Waals surface area contributed by atoms with Gasteiger partial charge in [-0.15, -0.1) is 0 Å². The summed E-state index contributed by atoms with van der Waals surface area (Å²) in [6.07, 6.45) is 24.9. The van der Waals surface area contributed by atoms with Crippen molar-refractivity contribution in [1.82, 2.24) is 0 Å². The zero-order valence-corrected chi connectivity index (χ0v) is 14.6. The van der Waals surface area contributed by atoms with Crippen LogP contribution >= 0.6 is 0 Å². The molecule has 0 aliphatic heterocycles. The summed E-state index contributed by atoms with van der Waals surface area (Å²) in [5.74, 6) is 0. The first kappa shape index (κ1) is 18.2. The lowest BCUT2D eigenvalue weighted by atomic mass is 9.75. The molecule has 0 spiro atoms. The smallest absolute Gasteiger partial charge is 0.0107 e. The first-order chi connectivity index (χ1) is 10.5. The summed E-state index contributed by atoms with van der Waals surface area (Å²) in [7, 11) is 0. The topological polar surface area (TPSA) is 0 Å². The number of hydrogen-bond acceptors (Lipinski definition) is 0. The average molecular weight is 294 g/mol. The highest BCUT2D eigenvalue weighted by molar-refractivity contribution is 5.34. The van der Waals surface area contributed by atoms with Gasteiger partial charge in [0.15, 0.2) is 0 Å². The van der Waals surface area contributed by atoms with Crippen LogP contribution in [-0.2, 0) is 0 Å². The lowest BCUT2D eigenvalue weighted by Crippen LogP contribution is -2.16. The van der Waals surface area contributed by atoms with Crippen molar-refractivity contribution in [1.29, 1.82) is 0 Å². The van der Waals surface area contributed by atoms with Crippen LogP contribution in [0.5, 0.6) is 0 Å². The molecule has 0 aromatic carbocycles. The van der Waals surface area contributed by atoms with Crippen molar-refractivity contribution in [2.24, 2.45) is 5.41 Å². The van der Waals surface area contributed by atoms with E-state index in [9.17, 15) is 0 Å². The molecule has 0 heterocycles. The van der Waals surface area contributed by atoms with Gasteiger partial charge in [0.2, 0.25) is 0 Å². The van der Waals surface area contributed by atoms with Crippen molar-refractivity contribution in [3.05, 3.63) is 84.1 Å². The highest BCUT2D eigenvalue weighted by Crippen LogP contribution is 2.37. The second-order valence-electron chi connectivity index (χ2n) is 6.57. The van der Waals surface area contributed by atoms with E-state index in [4.69, 9.17) is 0 Å². The van der Waals surface area contributed by atoms with Crippen LogP contribution in [0, 0.1) is 5.41 Å². The van der Waals surface area contributed by atoms with Crippen LogP contribution in [0.15, 0.2) is 84.1 Å². The van der Waals surface area contributed by atoms with Gasteiger partial charge in [0, 0.05) is 0 Å². The highest BCUT2D eigenvalue weighted by Gasteiger charge is 2.23. The molecule has 0 aromatic heterocycles. The summed E-state index contributed by atoms with van der Waals surface area (Å²) in [5.41, 5.74) is 4.29. The Hall–Kier alpha value is -1.82. The van der Waals surface area contributed by atoms with Gasteiger partial charge < -0.3 is 0 Å². The van der Waals surface area contributed by atoms with Crippen LogP contribution in [0.25, 0.3) is 0 Å². The molecule has 0 unspecified atom stereocenters. The molecule has 0 saturated carbocycles. The minimum atomic E-state index is 0.321. The SMILES string of the molecule is C=C/C=C/C=C(C)/C=C/C=C(C)/C=C/C1=CCCCC1(C)C. The molecular weight excluding hydrogens is 264 g/mol. The number of rotatable bonds is 6. The van der Waals surface area contributed by atoms with E-state index in [2.05, 4.69) is 76.8 Å². The van der Waals surface area contributed by atoms with E-state index < -0.39 is 0 Å². The molecule has 1 aliphatic carbocycles. The minimum Gasteiger partial charge on any atom is -0.0991 e. The Bertz CT molecular complexity index is 543. The van der Waals surface area contributed by atoms with Crippen molar-refractivity contribution in [2.45, 2.75) is 47.0 Å². The van der Waals surface area contributed by atoms with Crippen molar-refractivity contribution in [2.75, 3.05) is 0 Å². The van der Waals surface area contributed by atoms with Crippen molar-refractivity contribution >= 4 is 0 Å². The van der Waals surface area contributed by atoms with Crippen LogP contribution in [0.4, 0.5) is 0 Å². The van der Waals surface area contributed by atoms with Crippen LogP contribution in [0.1, 0.15) is 47.0 Å². The zero-order chi connectivity index (χ0) is 16.4. The maximum atomic E-state index is 3.66. The van der Waals surface area contributed by atoms with E-state index in [1.54, 1.807) is 6.08 Å². The molecule has 0 atom stereocenters. The Morgan fingerprint density at radius 1 is 1.05 bits per heavy atom. The van der Waals surface area contributed by atoms with Crippen molar-refractivity contribution < 1.29 is 0 Å². The molecule has 0 saturated heterocycles. The summed E-state index contributed by atoms with van der Waals surface area (Å²) in [5, 5.41) is 0. The summed E-state index contributed by atoms with van der Waals surface area (Å²) in [4.78, 5) is 0. The van der Waals surface area contributed by atoms with Gasteiger partial charge in [-0.2, -0.15) is 0 Å². The Labute approximate surface area is 137 Å². The van der Waals surface area contributed by atoms with Gasteiger partial charge in [-0.1, -0.05) is 92.3 Å². The van der Waals surface area contributed by atoms with E-state index in [0.29, 0.717) is 5.41 Å². The van der Waals surface area contributed by atoms with Gasteiger partial charge in [0.25, 0.3) is 0 Å². The number of allylic oxidation sites excluding steroid dienone is 13. The van der Waals surface area contributed by atoms with Crippen LogP contribution in [-0.4, -0.2) is 0 Å². The summed E-state index contributed by atoms with van der Waals surface area (Å²) < 4.78 is 0. The molecule has 0 N–H and O–H groups in total. The van der Waals surface area contributed by atoms with E-state index >= 15 is 0 Å². The quantitative estimate of drug-likeness (QED) is 0.469. The minimum absolute atomic E-state index is 0.321. The first-order valence-electron chi connectivity index (χ1n) is 8.15. The molecule has 22 heavy (non-hydrogen) atoms. The highest BCUT2D eigenvalue weighted by atomic mass is 14.3. The first-order valence-corrected chi connectivity index (χ1v) is 8.15. The average Bonchev–Trinajstić information content (AvgIpc) is 2.46. The molecule has 0 amide bonds. The molecule has 118 valence electrons. The largest absolute Gasteiger partial charge is 0.0991 e. The fraction of sp³-hybridized carbons (Fsp3) is 0.364. The molecule has 0 fully saturated rings. The molecule has 0 bridgehead atoms. The van der Waals surface area contributed by atoms with Crippen molar-refractivity contribution in [3.8, 4) is 0 Å². The maximum Gasteiger partial charge on any atom is -0.0107 e. The second kappa shape index (κ2) is 9.25.